The number of likely N-dealkylation sites (tertiary alicyclic amines) is 2. The molecule has 0 aliphatic carbocycles. The molecule has 6 aliphatic rings. The summed E-state index contributed by atoms with van der Waals surface area (Å²) >= 11 is 1.60. The first-order chi connectivity index (χ1) is 41.1. The molecule has 448 valence electrons. The van der Waals surface area contributed by atoms with E-state index in [0.717, 1.165) is 109 Å². The summed E-state index contributed by atoms with van der Waals surface area (Å²) < 4.78 is 52.6. The zero-order valence-corrected chi connectivity index (χ0v) is 50.1. The molecule has 2 bridgehead atoms. The lowest BCUT2D eigenvalue weighted by molar-refractivity contribution is -0.141. The zero-order valence-electron chi connectivity index (χ0n) is 49.3. The molecule has 13 rings (SSSR count). The van der Waals surface area contributed by atoms with Crippen LogP contribution in [0.2, 0.25) is 0 Å². The van der Waals surface area contributed by atoms with Gasteiger partial charge in [0.25, 0.3) is 5.88 Å². The second-order valence-electron chi connectivity index (χ2n) is 25.3. The third-order valence-corrected chi connectivity index (χ3v) is 20.4. The number of aromatic nitrogens is 5. The molecule has 85 heavy (non-hydrogen) atoms. The average Bonchev–Trinajstić information content (AvgIpc) is 2.57. The number of anilines is 1. The van der Waals surface area contributed by atoms with Crippen LogP contribution in [0, 0.1) is 18.7 Å². The number of carbonyl (C=O) groups excluding carboxylic acids is 2. The van der Waals surface area contributed by atoms with Gasteiger partial charge >= 0.3 is 6.01 Å². The average molecular weight is 1180 g/mol. The highest BCUT2D eigenvalue weighted by Crippen LogP contribution is 2.45. The molecule has 6 aliphatic heterocycles. The molecule has 10 heterocycles. The zero-order chi connectivity index (χ0) is 58.7. The molecule has 0 saturated carbocycles. The maximum Gasteiger partial charge on any atom is 0.319 e. The highest BCUT2D eigenvalue weighted by molar-refractivity contribution is 7.13. The Bertz CT molecular complexity index is 3600. The number of fused-ring (bicyclic) bond motifs is 5. The van der Waals surface area contributed by atoms with E-state index in [1.54, 1.807) is 40.6 Å². The molecule has 4 aromatic heterocycles. The number of piperidine rings is 1. The highest BCUT2D eigenvalue weighted by atomic mass is 32.1. The van der Waals surface area contributed by atoms with E-state index in [9.17, 15) is 14.7 Å². The fourth-order valence-corrected chi connectivity index (χ4v) is 15.7. The van der Waals surface area contributed by atoms with Crippen LogP contribution in [0.3, 0.4) is 0 Å². The van der Waals surface area contributed by atoms with Crippen molar-refractivity contribution in [3.8, 4) is 39.3 Å². The molecule has 0 radical (unpaired) electrons. The van der Waals surface area contributed by atoms with E-state index in [2.05, 4.69) is 54.5 Å². The smallest absolute Gasteiger partial charge is 0.319 e. The van der Waals surface area contributed by atoms with Crippen molar-refractivity contribution in [3.63, 3.8) is 0 Å². The number of thiazole rings is 1. The van der Waals surface area contributed by atoms with Gasteiger partial charge in [0.15, 0.2) is 11.6 Å². The molecule has 17 nitrogen and oxygen atoms in total. The number of hydrogen-bond donors (Lipinski definition) is 3. The van der Waals surface area contributed by atoms with Gasteiger partial charge in [-0.25, -0.2) is 13.8 Å². The quantitative estimate of drug-likeness (QED) is 0.0736. The molecule has 20 heteroatoms. The summed E-state index contributed by atoms with van der Waals surface area (Å²) in [4.78, 5) is 57.2. The van der Waals surface area contributed by atoms with Crippen LogP contribution in [0.5, 0.6) is 17.6 Å². The predicted octanol–water partition coefficient (Wildman–Crippen LogP) is 10.5. The van der Waals surface area contributed by atoms with E-state index in [0.29, 0.717) is 86.5 Å². The summed E-state index contributed by atoms with van der Waals surface area (Å²) in [6.45, 7) is 14.9. The first-order valence-corrected chi connectivity index (χ1v) is 31.6. The molecule has 4 unspecified atom stereocenters. The Balaban J connectivity index is 0.631. The van der Waals surface area contributed by atoms with Gasteiger partial charge in [-0.3, -0.25) is 19.5 Å². The summed E-state index contributed by atoms with van der Waals surface area (Å²) in [6, 6.07) is 19.1. The normalized spacial score (nSPS) is 24.0. The summed E-state index contributed by atoms with van der Waals surface area (Å²) in [5, 5.41) is 24.1. The number of alkyl halides is 1. The van der Waals surface area contributed by atoms with Gasteiger partial charge in [0.1, 0.15) is 53.6 Å². The van der Waals surface area contributed by atoms with Crippen molar-refractivity contribution in [2.45, 2.75) is 153 Å². The summed E-state index contributed by atoms with van der Waals surface area (Å²) in [6.07, 6.45) is 10.3. The Morgan fingerprint density at radius 1 is 0.918 bits per heavy atom. The minimum Gasteiger partial charge on any atom is -0.508 e. The summed E-state index contributed by atoms with van der Waals surface area (Å²) in [5.41, 5.74) is 4.88. The number of aromatic hydroxyl groups is 1. The number of phenolic OH excluding ortho intramolecular Hbond substituents is 1. The third kappa shape index (κ3) is 11.2. The maximum atomic E-state index is 17.4. The van der Waals surface area contributed by atoms with Gasteiger partial charge in [-0.15, -0.1) is 11.3 Å². The minimum absolute atomic E-state index is 0.0348. The van der Waals surface area contributed by atoms with Gasteiger partial charge in [-0.05, 0) is 142 Å². The van der Waals surface area contributed by atoms with Crippen molar-refractivity contribution < 1.29 is 37.5 Å². The standard InChI is InChI=1S/C65H77F2N11O6S/c1-6-41-10-7-11-44-28-48(79)29-49(55(41)44)57-56(66)58-50(31-68-57)60(76-32-45-17-18-46(33-76)71-45)73-63(72-58)83-36-65-20-9-25-78(65)47(19-21-65)34-75-26-22-64(67,23-27-75)35-82-53-30-52(84-74-53)54(38(2)3)62(81)77-24-8-12-51(77)61(80)70-39(4)42-13-15-43(16-14-42)59-40(5)69-37-85-59/h7,10-11,13-16,28-31,37-39,45-47,51,54,71,79H,6,8-9,12,17-27,32-36H2,1-5H3,(H,70,80)/t39-,45?,46?,47-,51-,54?,65?/m0/s1. The third-order valence-electron chi connectivity index (χ3n) is 19.4. The molecule has 7 atom stereocenters. The Morgan fingerprint density at radius 3 is 2.47 bits per heavy atom. The van der Waals surface area contributed by atoms with Crippen LogP contribution in [0.15, 0.2) is 76.9 Å². The molecular weight excluding hydrogens is 1100 g/mol. The van der Waals surface area contributed by atoms with Crippen molar-refractivity contribution in [1.29, 1.82) is 0 Å². The Hall–Kier alpha value is -6.87. The van der Waals surface area contributed by atoms with E-state index >= 15 is 8.78 Å². The summed E-state index contributed by atoms with van der Waals surface area (Å²) in [5.74, 6) is -0.744. The topological polar surface area (TPSA) is 187 Å². The SMILES string of the molecule is CCc1cccc2cc(O)cc(-c3ncc4c(N5CC6CCC(C5)N6)nc(OCC56CCCN5[C@H](CN5CCC(F)(COc7cc(C(C(=O)N8CCC[C@H]8C(=O)N[C@@H](C)c8ccc(-c9scnc9C)cc8)C(C)C)on7)CC5)CC6)nc4c3F)c12. The number of halogens is 2. The first-order valence-electron chi connectivity index (χ1n) is 30.8. The molecule has 6 saturated heterocycles. The van der Waals surface area contributed by atoms with Gasteiger partial charge in [0.2, 0.25) is 11.8 Å². The number of rotatable bonds is 18. The van der Waals surface area contributed by atoms with Crippen LogP contribution in [0.4, 0.5) is 14.6 Å². The van der Waals surface area contributed by atoms with Gasteiger partial charge in [-0.2, -0.15) is 9.97 Å². The van der Waals surface area contributed by atoms with Crippen LogP contribution in [0.25, 0.3) is 43.4 Å². The van der Waals surface area contributed by atoms with Crippen LogP contribution in [-0.2, 0) is 16.0 Å². The lowest BCUT2D eigenvalue weighted by Gasteiger charge is -2.40. The second kappa shape index (κ2) is 23.4. The van der Waals surface area contributed by atoms with Crippen LogP contribution >= 0.6 is 11.3 Å². The predicted molar refractivity (Wildman–Crippen MR) is 323 cm³/mol. The van der Waals surface area contributed by atoms with E-state index in [-0.39, 0.29) is 70.8 Å². The van der Waals surface area contributed by atoms with Crippen LogP contribution in [-0.4, -0.2) is 151 Å². The number of carbonyl (C=O) groups is 2. The van der Waals surface area contributed by atoms with Crippen LogP contribution < -0.4 is 25.0 Å². The van der Waals surface area contributed by atoms with Gasteiger partial charge in [0.05, 0.1) is 33.0 Å². The number of nitrogens with one attached hydrogen (secondary N) is 2. The molecular formula is C65H77F2N11O6S. The van der Waals surface area contributed by atoms with Crippen molar-refractivity contribution in [3.05, 3.63) is 101 Å². The van der Waals surface area contributed by atoms with E-state index < -0.39 is 23.4 Å². The van der Waals surface area contributed by atoms with Crippen molar-refractivity contribution in [2.24, 2.45) is 5.92 Å². The van der Waals surface area contributed by atoms with Crippen molar-refractivity contribution >= 4 is 50.6 Å². The van der Waals surface area contributed by atoms with Gasteiger partial charge < -0.3 is 44.4 Å². The number of amides is 2. The first kappa shape index (κ1) is 57.2. The highest BCUT2D eigenvalue weighted by Gasteiger charge is 2.51. The van der Waals surface area contributed by atoms with Gasteiger partial charge in [-0.1, -0.05) is 63.2 Å². The fourth-order valence-electron chi connectivity index (χ4n) is 14.8. The number of aryl methyl sites for hydroxylation is 2. The monoisotopic (exact) mass is 1180 g/mol. The largest absolute Gasteiger partial charge is 0.508 e. The molecule has 3 N–H and O–H groups in total. The minimum atomic E-state index is -1.58. The number of ether oxygens (including phenoxy) is 2. The number of phenols is 1. The Morgan fingerprint density at radius 2 is 1.72 bits per heavy atom. The Kier molecular flexibility index (Phi) is 15.8. The lowest BCUT2D eigenvalue weighted by atomic mass is 9.91. The van der Waals surface area contributed by atoms with Crippen LogP contribution in [0.1, 0.15) is 126 Å². The van der Waals surface area contributed by atoms with E-state index in [4.69, 9.17) is 28.9 Å². The molecule has 3 aromatic carbocycles. The number of pyridine rings is 1. The second-order valence-corrected chi connectivity index (χ2v) is 26.1. The van der Waals surface area contributed by atoms with Gasteiger partial charge in [0, 0.05) is 75.2 Å². The van der Waals surface area contributed by atoms with Crippen molar-refractivity contribution in [1.82, 2.24) is 50.4 Å². The molecule has 0 spiro atoms. The van der Waals surface area contributed by atoms with E-state index in [1.165, 1.54) is 0 Å². The Labute approximate surface area is 498 Å². The number of benzene rings is 3. The number of nitrogens with zero attached hydrogens (tertiary/aromatic N) is 9. The number of piperazine rings is 1. The maximum absolute atomic E-state index is 17.4. The molecule has 7 aromatic rings. The van der Waals surface area contributed by atoms with E-state index in [1.807, 2.05) is 63.5 Å². The fraction of sp³-hybridized carbons (Fsp3) is 0.523. The molecule has 2 amide bonds. The summed E-state index contributed by atoms with van der Waals surface area (Å²) in [7, 11) is 0. The lowest BCUT2D eigenvalue weighted by Crippen LogP contribution is -2.52. The number of hydrogen-bond acceptors (Lipinski definition) is 16. The van der Waals surface area contributed by atoms with Crippen molar-refractivity contribution in [2.75, 3.05) is 63.9 Å². The molecule has 6 fully saturated rings.